The van der Waals surface area contributed by atoms with Crippen molar-refractivity contribution >= 4 is 108 Å². The number of benzene rings is 2. The third-order valence-corrected chi connectivity index (χ3v) is 7.38. The van der Waals surface area contributed by atoms with Gasteiger partial charge in [-0.25, -0.2) is 0 Å². The van der Waals surface area contributed by atoms with Gasteiger partial charge >= 0.3 is 5.97 Å². The van der Waals surface area contributed by atoms with Crippen molar-refractivity contribution in [1.82, 2.24) is 0 Å². The molecule has 8 nitrogen and oxygen atoms in total. The van der Waals surface area contributed by atoms with Crippen molar-refractivity contribution in [2.24, 2.45) is 0 Å². The Labute approximate surface area is 226 Å². The minimum Gasteiger partial charge on any atom is -0.481 e. The minimum absolute atomic E-state index is 0.0548. The number of carboxylic acids is 1. The SMILES string of the molecule is CC(=O)CNc1c(I)c(NCC(C)=O)c(I)c(C(=O)Nc2ccc(CC(=O)O)cc2)c1I. The quantitative estimate of drug-likeness (QED) is 0.265. The summed E-state index contributed by atoms with van der Waals surface area (Å²) in [5.74, 6) is -1.40. The Morgan fingerprint density at radius 2 is 1.28 bits per heavy atom. The van der Waals surface area contributed by atoms with E-state index in [-0.39, 0.29) is 37.0 Å². The summed E-state index contributed by atoms with van der Waals surface area (Å²) in [4.78, 5) is 47.1. The lowest BCUT2D eigenvalue weighted by atomic mass is 10.1. The van der Waals surface area contributed by atoms with E-state index in [2.05, 4.69) is 83.7 Å². The third-order valence-electron chi connectivity index (χ3n) is 4.14. The number of aliphatic carboxylic acids is 1. The summed E-state index contributed by atoms with van der Waals surface area (Å²) in [7, 11) is 0. The number of ketones is 2. The van der Waals surface area contributed by atoms with Gasteiger partial charge in [-0.3, -0.25) is 19.2 Å². The molecule has 32 heavy (non-hydrogen) atoms. The van der Waals surface area contributed by atoms with Crippen molar-refractivity contribution in [1.29, 1.82) is 0 Å². The zero-order valence-electron chi connectivity index (χ0n) is 17.1. The number of hydrogen-bond acceptors (Lipinski definition) is 6. The maximum atomic E-state index is 13.2. The molecule has 11 heteroatoms. The highest BCUT2D eigenvalue weighted by Crippen LogP contribution is 2.39. The van der Waals surface area contributed by atoms with Gasteiger partial charge in [-0.15, -0.1) is 0 Å². The van der Waals surface area contributed by atoms with Gasteiger partial charge in [0.2, 0.25) is 0 Å². The standard InChI is InChI=1S/C21H20I3N3O5/c1-10(28)8-25-19-16(22)15(17(23)20(18(19)24)26-9-11(2)29)21(32)27-13-5-3-12(4-6-13)7-14(30)31/h3-6,25-26H,7-9H2,1-2H3,(H,27,32)(H,30,31). The first kappa shape index (κ1) is 26.8. The summed E-state index contributed by atoms with van der Waals surface area (Å²) in [6.07, 6.45) is -0.0997. The van der Waals surface area contributed by atoms with Crippen molar-refractivity contribution in [3.8, 4) is 0 Å². The van der Waals surface area contributed by atoms with Crippen LogP contribution in [0.1, 0.15) is 29.8 Å². The highest BCUT2D eigenvalue weighted by Gasteiger charge is 2.25. The van der Waals surface area contributed by atoms with Crippen LogP contribution in [0.15, 0.2) is 24.3 Å². The summed E-state index contributed by atoms with van der Waals surface area (Å²) < 4.78 is 2.06. The van der Waals surface area contributed by atoms with Gasteiger partial charge in [-0.05, 0) is 99.3 Å². The van der Waals surface area contributed by atoms with Crippen LogP contribution in [0, 0.1) is 10.7 Å². The summed E-state index contributed by atoms with van der Waals surface area (Å²) >= 11 is 6.26. The molecule has 0 saturated carbocycles. The van der Waals surface area contributed by atoms with Crippen LogP contribution in [0.2, 0.25) is 0 Å². The Balaban J connectivity index is 2.44. The average molecular weight is 775 g/mol. The monoisotopic (exact) mass is 775 g/mol. The fraction of sp³-hybridized carbons (Fsp3) is 0.238. The van der Waals surface area contributed by atoms with E-state index in [0.29, 0.717) is 35.3 Å². The summed E-state index contributed by atoms with van der Waals surface area (Å²) in [5.41, 5.74) is 2.81. The van der Waals surface area contributed by atoms with Crippen molar-refractivity contribution in [2.45, 2.75) is 20.3 Å². The molecule has 0 saturated heterocycles. The lowest BCUT2D eigenvalue weighted by Crippen LogP contribution is -2.21. The van der Waals surface area contributed by atoms with Crippen LogP contribution in [0.3, 0.4) is 0 Å². The molecular formula is C21H20I3N3O5. The number of halogens is 3. The normalized spacial score (nSPS) is 10.4. The predicted molar refractivity (Wildman–Crippen MR) is 149 cm³/mol. The Morgan fingerprint density at radius 1 is 0.812 bits per heavy atom. The predicted octanol–water partition coefficient (Wildman–Crippen LogP) is 4.38. The van der Waals surface area contributed by atoms with Gasteiger partial charge in [0.1, 0.15) is 11.6 Å². The number of nitrogens with one attached hydrogen (secondary N) is 3. The van der Waals surface area contributed by atoms with Crippen LogP contribution in [0.25, 0.3) is 0 Å². The molecule has 0 aliphatic carbocycles. The first-order valence-corrected chi connectivity index (χ1v) is 12.5. The zero-order chi connectivity index (χ0) is 24.0. The smallest absolute Gasteiger partial charge is 0.307 e. The first-order chi connectivity index (χ1) is 15.0. The Kier molecular flexibility index (Phi) is 10.1. The molecule has 0 aliphatic heterocycles. The second-order valence-electron chi connectivity index (χ2n) is 6.90. The molecule has 2 aromatic carbocycles. The fourth-order valence-electron chi connectivity index (χ4n) is 2.67. The van der Waals surface area contributed by atoms with E-state index in [1.54, 1.807) is 24.3 Å². The van der Waals surface area contributed by atoms with Gasteiger partial charge in [0.05, 0.1) is 47.2 Å². The van der Waals surface area contributed by atoms with Crippen molar-refractivity contribution in [3.05, 3.63) is 46.1 Å². The van der Waals surface area contributed by atoms with Crippen molar-refractivity contribution < 1.29 is 24.3 Å². The average Bonchev–Trinajstić information content (AvgIpc) is 2.68. The number of carbonyl (C=O) groups is 4. The van der Waals surface area contributed by atoms with E-state index in [1.165, 1.54) is 13.8 Å². The van der Waals surface area contributed by atoms with Crippen LogP contribution in [0.4, 0.5) is 17.1 Å². The Hall–Kier alpha value is -1.49. The lowest BCUT2D eigenvalue weighted by Gasteiger charge is -2.20. The number of carboxylic acid groups (broad SMARTS) is 1. The van der Waals surface area contributed by atoms with E-state index in [0.717, 1.165) is 3.57 Å². The van der Waals surface area contributed by atoms with E-state index < -0.39 is 5.97 Å². The molecule has 2 rings (SSSR count). The molecule has 0 fully saturated rings. The molecule has 4 N–H and O–H groups in total. The zero-order valence-corrected chi connectivity index (χ0v) is 23.6. The molecule has 0 heterocycles. The lowest BCUT2D eigenvalue weighted by molar-refractivity contribution is -0.136. The number of Topliss-reactive ketones (excluding diaryl/α,β-unsaturated/α-hetero) is 2. The van der Waals surface area contributed by atoms with Gasteiger partial charge in [0, 0.05) is 5.69 Å². The third kappa shape index (κ3) is 7.26. The molecule has 1 amide bonds. The van der Waals surface area contributed by atoms with Crippen LogP contribution < -0.4 is 16.0 Å². The molecule has 0 aromatic heterocycles. The second kappa shape index (κ2) is 12.1. The van der Waals surface area contributed by atoms with Crippen LogP contribution in [-0.2, 0) is 20.8 Å². The van der Waals surface area contributed by atoms with Gasteiger partial charge in [-0.1, -0.05) is 12.1 Å². The van der Waals surface area contributed by atoms with E-state index in [9.17, 15) is 19.2 Å². The van der Waals surface area contributed by atoms with Crippen LogP contribution in [-0.4, -0.2) is 41.6 Å². The van der Waals surface area contributed by atoms with E-state index in [1.807, 2.05) is 0 Å². The summed E-state index contributed by atoms with van der Waals surface area (Å²) in [6.45, 7) is 3.14. The van der Waals surface area contributed by atoms with Crippen molar-refractivity contribution in [3.63, 3.8) is 0 Å². The van der Waals surface area contributed by atoms with Crippen molar-refractivity contribution in [2.75, 3.05) is 29.0 Å². The highest BCUT2D eigenvalue weighted by molar-refractivity contribution is 14.1. The molecule has 0 spiro atoms. The molecule has 0 radical (unpaired) electrons. The molecule has 0 atom stereocenters. The summed E-state index contributed by atoms with van der Waals surface area (Å²) in [5, 5.41) is 17.9. The van der Waals surface area contributed by atoms with Gasteiger partial charge in [0.25, 0.3) is 5.91 Å². The van der Waals surface area contributed by atoms with E-state index in [4.69, 9.17) is 5.11 Å². The maximum absolute atomic E-state index is 13.2. The largest absolute Gasteiger partial charge is 0.481 e. The molecule has 0 bridgehead atoms. The molecule has 170 valence electrons. The highest BCUT2D eigenvalue weighted by atomic mass is 127. The van der Waals surface area contributed by atoms with E-state index >= 15 is 0 Å². The Bertz CT molecular complexity index is 1030. The van der Waals surface area contributed by atoms with Crippen LogP contribution in [0.5, 0.6) is 0 Å². The molecule has 0 unspecified atom stereocenters. The van der Waals surface area contributed by atoms with Crippen LogP contribution >= 0.6 is 67.8 Å². The molecule has 2 aromatic rings. The topological polar surface area (TPSA) is 125 Å². The van der Waals surface area contributed by atoms with Gasteiger partial charge in [0.15, 0.2) is 0 Å². The minimum atomic E-state index is -0.930. The molecular weight excluding hydrogens is 755 g/mol. The number of amides is 1. The van der Waals surface area contributed by atoms with Gasteiger partial charge in [-0.2, -0.15) is 0 Å². The molecule has 0 aliphatic rings. The first-order valence-electron chi connectivity index (χ1n) is 9.30. The number of hydrogen-bond donors (Lipinski definition) is 4. The number of rotatable bonds is 10. The summed E-state index contributed by atoms with van der Waals surface area (Å²) in [6, 6.07) is 6.58. The van der Waals surface area contributed by atoms with Gasteiger partial charge < -0.3 is 21.1 Å². The second-order valence-corrected chi connectivity index (χ2v) is 10.1. The Morgan fingerprint density at radius 3 is 1.69 bits per heavy atom. The maximum Gasteiger partial charge on any atom is 0.307 e. The fourth-order valence-corrected chi connectivity index (χ4v) is 7.09. The number of anilines is 3. The number of carbonyl (C=O) groups excluding carboxylic acids is 3.